The number of aromatic nitrogens is 2. The average Bonchev–Trinajstić information content (AvgIpc) is 3.13. The molecular weight excluding hydrogens is 318 g/mol. The van der Waals surface area contributed by atoms with Gasteiger partial charge in [-0.05, 0) is 46.2 Å². The SMILES string of the molecule is Cc1nc(OCCNC(=O)C2CCCN(C)C2)cc(N2CCCC2)n1. The van der Waals surface area contributed by atoms with Crippen LogP contribution in [0.4, 0.5) is 5.82 Å². The first kappa shape index (κ1) is 17.9. The highest BCUT2D eigenvalue weighted by molar-refractivity contribution is 5.78. The minimum atomic E-state index is 0.0989. The smallest absolute Gasteiger partial charge is 0.224 e. The van der Waals surface area contributed by atoms with Crippen molar-refractivity contribution in [1.82, 2.24) is 20.2 Å². The normalized spacial score (nSPS) is 21.4. The van der Waals surface area contributed by atoms with E-state index in [0.717, 1.165) is 44.8 Å². The van der Waals surface area contributed by atoms with E-state index in [1.165, 1.54) is 12.8 Å². The molecule has 1 aromatic rings. The summed E-state index contributed by atoms with van der Waals surface area (Å²) in [5, 5.41) is 2.98. The van der Waals surface area contributed by atoms with Crippen LogP contribution in [0.25, 0.3) is 0 Å². The van der Waals surface area contributed by atoms with Gasteiger partial charge < -0.3 is 19.9 Å². The van der Waals surface area contributed by atoms with E-state index >= 15 is 0 Å². The molecule has 25 heavy (non-hydrogen) atoms. The summed E-state index contributed by atoms with van der Waals surface area (Å²) in [6.07, 6.45) is 4.48. The molecule has 1 unspecified atom stereocenters. The lowest BCUT2D eigenvalue weighted by Gasteiger charge is -2.28. The number of ether oxygens (including phenoxy) is 1. The van der Waals surface area contributed by atoms with Crippen molar-refractivity contribution in [1.29, 1.82) is 0 Å². The van der Waals surface area contributed by atoms with Gasteiger partial charge in [-0.3, -0.25) is 4.79 Å². The molecule has 1 atom stereocenters. The van der Waals surface area contributed by atoms with E-state index in [9.17, 15) is 4.79 Å². The zero-order valence-electron chi connectivity index (χ0n) is 15.3. The maximum Gasteiger partial charge on any atom is 0.224 e. The third-order valence-corrected chi connectivity index (χ3v) is 4.88. The minimum absolute atomic E-state index is 0.0989. The Morgan fingerprint density at radius 3 is 2.84 bits per heavy atom. The van der Waals surface area contributed by atoms with Crippen LogP contribution in [0.2, 0.25) is 0 Å². The Balaban J connectivity index is 1.44. The summed E-state index contributed by atoms with van der Waals surface area (Å²) in [5.74, 6) is 2.47. The number of aryl methyl sites for hydroxylation is 1. The van der Waals surface area contributed by atoms with E-state index in [-0.39, 0.29) is 11.8 Å². The van der Waals surface area contributed by atoms with Gasteiger partial charge in [0.1, 0.15) is 18.2 Å². The third kappa shape index (κ3) is 5.04. The maximum absolute atomic E-state index is 12.2. The molecule has 0 aromatic carbocycles. The molecule has 2 saturated heterocycles. The Morgan fingerprint density at radius 2 is 2.08 bits per heavy atom. The number of anilines is 1. The molecule has 2 fully saturated rings. The Kier molecular flexibility index (Phi) is 6.07. The zero-order chi connectivity index (χ0) is 17.6. The molecule has 2 aliphatic heterocycles. The van der Waals surface area contributed by atoms with Crippen LogP contribution in [0.1, 0.15) is 31.5 Å². The molecule has 7 heteroatoms. The summed E-state index contributed by atoms with van der Waals surface area (Å²) in [6.45, 7) is 6.82. The van der Waals surface area contributed by atoms with Gasteiger partial charge in [0.15, 0.2) is 0 Å². The number of likely N-dealkylation sites (tertiary alicyclic amines) is 1. The second-order valence-electron chi connectivity index (χ2n) is 7.05. The van der Waals surface area contributed by atoms with Gasteiger partial charge in [-0.2, -0.15) is 4.98 Å². The minimum Gasteiger partial charge on any atom is -0.476 e. The van der Waals surface area contributed by atoms with E-state index in [4.69, 9.17) is 4.74 Å². The van der Waals surface area contributed by atoms with E-state index in [1.54, 1.807) is 0 Å². The average molecular weight is 347 g/mol. The molecule has 1 amide bonds. The molecule has 3 heterocycles. The Bertz CT molecular complexity index is 589. The van der Waals surface area contributed by atoms with E-state index in [0.29, 0.717) is 24.9 Å². The number of hydrogen-bond donors (Lipinski definition) is 1. The summed E-state index contributed by atoms with van der Waals surface area (Å²) >= 11 is 0. The fourth-order valence-electron chi connectivity index (χ4n) is 3.56. The van der Waals surface area contributed by atoms with Crippen molar-refractivity contribution in [3.63, 3.8) is 0 Å². The molecule has 0 aliphatic carbocycles. The second-order valence-corrected chi connectivity index (χ2v) is 7.05. The molecule has 1 N–H and O–H groups in total. The highest BCUT2D eigenvalue weighted by Crippen LogP contribution is 2.21. The number of nitrogens with zero attached hydrogens (tertiary/aromatic N) is 4. The molecule has 138 valence electrons. The Morgan fingerprint density at radius 1 is 1.28 bits per heavy atom. The summed E-state index contributed by atoms with van der Waals surface area (Å²) in [6, 6.07) is 1.90. The van der Waals surface area contributed by atoms with Crippen LogP contribution < -0.4 is 15.0 Å². The van der Waals surface area contributed by atoms with Crippen LogP contribution in [-0.4, -0.2) is 67.2 Å². The van der Waals surface area contributed by atoms with Crippen molar-refractivity contribution in [3.8, 4) is 5.88 Å². The lowest BCUT2D eigenvalue weighted by Crippen LogP contribution is -2.42. The van der Waals surface area contributed by atoms with Crippen molar-refractivity contribution in [2.75, 3.05) is 51.3 Å². The molecule has 0 radical (unpaired) electrons. The lowest BCUT2D eigenvalue weighted by atomic mass is 9.98. The van der Waals surface area contributed by atoms with Gasteiger partial charge in [-0.1, -0.05) is 0 Å². The molecule has 7 nitrogen and oxygen atoms in total. The first-order valence-corrected chi connectivity index (χ1v) is 9.31. The van der Waals surface area contributed by atoms with Crippen LogP contribution in [0.5, 0.6) is 5.88 Å². The van der Waals surface area contributed by atoms with Gasteiger partial charge in [0, 0.05) is 25.7 Å². The number of carbonyl (C=O) groups excluding carboxylic acids is 1. The summed E-state index contributed by atoms with van der Waals surface area (Å²) in [5.41, 5.74) is 0. The highest BCUT2D eigenvalue weighted by atomic mass is 16.5. The third-order valence-electron chi connectivity index (χ3n) is 4.88. The Labute approximate surface area is 149 Å². The van der Waals surface area contributed by atoms with Gasteiger partial charge in [-0.25, -0.2) is 4.98 Å². The van der Waals surface area contributed by atoms with Crippen LogP contribution >= 0.6 is 0 Å². The van der Waals surface area contributed by atoms with Gasteiger partial charge in [0.05, 0.1) is 12.5 Å². The number of carbonyl (C=O) groups is 1. The van der Waals surface area contributed by atoms with E-state index in [1.807, 2.05) is 13.0 Å². The lowest BCUT2D eigenvalue weighted by molar-refractivity contribution is -0.126. The van der Waals surface area contributed by atoms with Crippen LogP contribution in [0.3, 0.4) is 0 Å². The molecule has 1 aromatic heterocycles. The second kappa shape index (κ2) is 8.47. The van der Waals surface area contributed by atoms with E-state index < -0.39 is 0 Å². The Hall–Kier alpha value is -1.89. The molecule has 0 bridgehead atoms. The number of nitrogens with one attached hydrogen (secondary N) is 1. The van der Waals surface area contributed by atoms with Crippen LogP contribution in [0, 0.1) is 12.8 Å². The number of rotatable bonds is 6. The largest absolute Gasteiger partial charge is 0.476 e. The molecule has 0 spiro atoms. The van der Waals surface area contributed by atoms with Gasteiger partial charge >= 0.3 is 0 Å². The first-order valence-electron chi connectivity index (χ1n) is 9.31. The zero-order valence-corrected chi connectivity index (χ0v) is 15.3. The predicted molar refractivity (Wildman–Crippen MR) is 96.9 cm³/mol. The van der Waals surface area contributed by atoms with Gasteiger partial charge in [-0.15, -0.1) is 0 Å². The number of amides is 1. The molecular formula is C18H29N5O2. The van der Waals surface area contributed by atoms with Crippen molar-refractivity contribution >= 4 is 11.7 Å². The van der Waals surface area contributed by atoms with Crippen molar-refractivity contribution in [2.45, 2.75) is 32.6 Å². The standard InChI is InChI=1S/C18H29N5O2/c1-14-20-16(23-9-3-4-10-23)12-17(21-14)25-11-7-19-18(24)15-6-5-8-22(2)13-15/h12,15H,3-11,13H2,1-2H3,(H,19,24). The monoisotopic (exact) mass is 347 g/mol. The van der Waals surface area contributed by atoms with E-state index in [2.05, 4.69) is 32.1 Å². The fraction of sp³-hybridized carbons (Fsp3) is 0.722. The topological polar surface area (TPSA) is 70.6 Å². The fourth-order valence-corrected chi connectivity index (χ4v) is 3.56. The summed E-state index contributed by atoms with van der Waals surface area (Å²) in [4.78, 5) is 25.5. The predicted octanol–water partition coefficient (Wildman–Crippen LogP) is 1.22. The highest BCUT2D eigenvalue weighted by Gasteiger charge is 2.23. The summed E-state index contributed by atoms with van der Waals surface area (Å²) in [7, 11) is 2.07. The van der Waals surface area contributed by atoms with Gasteiger partial charge in [0.25, 0.3) is 0 Å². The number of piperidine rings is 1. The molecule has 3 rings (SSSR count). The summed E-state index contributed by atoms with van der Waals surface area (Å²) < 4.78 is 5.74. The first-order chi connectivity index (χ1) is 12.1. The quantitative estimate of drug-likeness (QED) is 0.781. The maximum atomic E-state index is 12.2. The van der Waals surface area contributed by atoms with Crippen molar-refractivity contribution < 1.29 is 9.53 Å². The van der Waals surface area contributed by atoms with Crippen LogP contribution in [0.15, 0.2) is 6.07 Å². The van der Waals surface area contributed by atoms with Crippen molar-refractivity contribution in [2.24, 2.45) is 5.92 Å². The van der Waals surface area contributed by atoms with Gasteiger partial charge in [0.2, 0.25) is 11.8 Å². The van der Waals surface area contributed by atoms with Crippen LogP contribution in [-0.2, 0) is 4.79 Å². The number of hydrogen-bond acceptors (Lipinski definition) is 6. The molecule has 2 aliphatic rings. The molecule has 0 saturated carbocycles. The van der Waals surface area contributed by atoms with Crippen molar-refractivity contribution in [3.05, 3.63) is 11.9 Å².